The number of unbranched alkanes of at least 4 members (excludes halogenated alkanes) is 1. The van der Waals surface area contributed by atoms with Crippen LogP contribution in [0.4, 0.5) is 18.0 Å². The first-order valence-corrected chi connectivity index (χ1v) is 4.54. The van der Waals surface area contributed by atoms with E-state index < -0.39 is 18.6 Å². The number of carbonyl (C=O) groups is 1. The average Bonchev–Trinajstić information content (AvgIpc) is 2.02. The summed E-state index contributed by atoms with van der Waals surface area (Å²) in [6, 6.07) is -0.539. The zero-order valence-electron chi connectivity index (χ0n) is 8.08. The molecule has 0 saturated heterocycles. The highest BCUT2D eigenvalue weighted by molar-refractivity contribution is 5.73. The number of carbonyl (C=O) groups excluding carboxylic acids is 1. The smallest absolute Gasteiger partial charge is 0.338 e. The molecule has 3 nitrogen and oxygen atoms in total. The fourth-order valence-corrected chi connectivity index (χ4v) is 0.759. The number of hydrogen-bond donors (Lipinski definition) is 2. The van der Waals surface area contributed by atoms with Gasteiger partial charge in [-0.2, -0.15) is 13.2 Å². The fraction of sp³-hybridized carbons (Fsp3) is 0.875. The standard InChI is InChI=1S/C8H15F3N2O/c1-2-3-5-12-7(14)13-6-4-8(9,10)11/h2-6H2,1H3,(H2,12,13,14). The van der Waals surface area contributed by atoms with E-state index in [1.807, 2.05) is 6.92 Å². The van der Waals surface area contributed by atoms with E-state index >= 15 is 0 Å². The molecule has 0 bridgehead atoms. The molecular weight excluding hydrogens is 197 g/mol. The van der Waals surface area contributed by atoms with Crippen LogP contribution in [0, 0.1) is 0 Å². The molecule has 0 aromatic carbocycles. The zero-order chi connectivity index (χ0) is 11.0. The lowest BCUT2D eigenvalue weighted by Gasteiger charge is -2.08. The summed E-state index contributed by atoms with van der Waals surface area (Å²) in [5.41, 5.74) is 0. The normalized spacial score (nSPS) is 11.1. The molecule has 2 N–H and O–H groups in total. The minimum Gasteiger partial charge on any atom is -0.338 e. The molecule has 0 aromatic rings. The van der Waals surface area contributed by atoms with Gasteiger partial charge in [0, 0.05) is 13.1 Å². The molecule has 0 fully saturated rings. The van der Waals surface area contributed by atoms with Crippen LogP contribution < -0.4 is 10.6 Å². The summed E-state index contributed by atoms with van der Waals surface area (Å²) in [5, 5.41) is 4.58. The monoisotopic (exact) mass is 212 g/mol. The van der Waals surface area contributed by atoms with E-state index in [0.717, 1.165) is 12.8 Å². The number of amides is 2. The van der Waals surface area contributed by atoms with Gasteiger partial charge in [-0.15, -0.1) is 0 Å². The Hall–Kier alpha value is -0.940. The van der Waals surface area contributed by atoms with Gasteiger partial charge in [-0.3, -0.25) is 0 Å². The molecule has 0 aromatic heterocycles. The second kappa shape index (κ2) is 6.50. The Labute approximate surface area is 81.1 Å². The molecule has 14 heavy (non-hydrogen) atoms. The van der Waals surface area contributed by atoms with E-state index in [0.29, 0.717) is 6.54 Å². The summed E-state index contributed by atoms with van der Waals surface area (Å²) in [6.45, 7) is 2.08. The van der Waals surface area contributed by atoms with Crippen LogP contribution in [-0.4, -0.2) is 25.3 Å². The van der Waals surface area contributed by atoms with Crippen LogP contribution in [0.15, 0.2) is 0 Å². The molecule has 0 aliphatic carbocycles. The molecule has 0 radical (unpaired) electrons. The molecule has 0 aliphatic heterocycles. The van der Waals surface area contributed by atoms with Crippen molar-refractivity contribution in [1.82, 2.24) is 10.6 Å². The van der Waals surface area contributed by atoms with Gasteiger partial charge in [0.1, 0.15) is 0 Å². The fourth-order valence-electron chi connectivity index (χ4n) is 0.759. The van der Waals surface area contributed by atoms with E-state index in [9.17, 15) is 18.0 Å². The Morgan fingerprint density at radius 3 is 2.29 bits per heavy atom. The summed E-state index contributed by atoms with van der Waals surface area (Å²) < 4.78 is 34.9. The van der Waals surface area contributed by atoms with Crippen LogP contribution in [0.1, 0.15) is 26.2 Å². The largest absolute Gasteiger partial charge is 0.390 e. The Morgan fingerprint density at radius 1 is 1.21 bits per heavy atom. The topological polar surface area (TPSA) is 41.1 Å². The molecule has 0 rings (SSSR count). The van der Waals surface area contributed by atoms with E-state index in [-0.39, 0.29) is 6.54 Å². The van der Waals surface area contributed by atoms with Gasteiger partial charge < -0.3 is 10.6 Å². The van der Waals surface area contributed by atoms with Crippen molar-refractivity contribution < 1.29 is 18.0 Å². The maximum Gasteiger partial charge on any atom is 0.390 e. The first kappa shape index (κ1) is 13.1. The summed E-state index contributed by atoms with van der Waals surface area (Å²) in [4.78, 5) is 10.8. The Kier molecular flexibility index (Phi) is 6.07. The molecule has 84 valence electrons. The van der Waals surface area contributed by atoms with Crippen molar-refractivity contribution in [2.75, 3.05) is 13.1 Å². The molecule has 0 aliphatic rings. The van der Waals surface area contributed by atoms with E-state index in [4.69, 9.17) is 0 Å². The Bertz CT molecular complexity index is 170. The van der Waals surface area contributed by atoms with Crippen LogP contribution in [0.2, 0.25) is 0 Å². The number of urea groups is 1. The lowest BCUT2D eigenvalue weighted by Crippen LogP contribution is -2.37. The van der Waals surface area contributed by atoms with Gasteiger partial charge in [0.2, 0.25) is 0 Å². The average molecular weight is 212 g/mol. The molecule has 0 heterocycles. The van der Waals surface area contributed by atoms with Crippen molar-refractivity contribution in [1.29, 1.82) is 0 Å². The number of halogens is 3. The van der Waals surface area contributed by atoms with Crippen molar-refractivity contribution in [2.24, 2.45) is 0 Å². The number of alkyl halides is 3. The van der Waals surface area contributed by atoms with Crippen molar-refractivity contribution in [3.63, 3.8) is 0 Å². The maximum absolute atomic E-state index is 11.6. The van der Waals surface area contributed by atoms with Gasteiger partial charge in [0.15, 0.2) is 0 Å². The van der Waals surface area contributed by atoms with Gasteiger partial charge in [-0.05, 0) is 6.42 Å². The van der Waals surface area contributed by atoms with Crippen LogP contribution in [0.3, 0.4) is 0 Å². The number of rotatable bonds is 5. The molecular formula is C8H15F3N2O. The molecule has 2 amide bonds. The summed E-state index contributed by atoms with van der Waals surface area (Å²) in [7, 11) is 0. The lowest BCUT2D eigenvalue weighted by atomic mass is 10.3. The number of hydrogen-bond acceptors (Lipinski definition) is 1. The summed E-state index contributed by atoms with van der Waals surface area (Å²) in [6.07, 6.45) is -3.44. The van der Waals surface area contributed by atoms with Crippen molar-refractivity contribution in [3.05, 3.63) is 0 Å². The van der Waals surface area contributed by atoms with E-state index in [1.54, 1.807) is 0 Å². The second-order valence-corrected chi connectivity index (χ2v) is 2.90. The predicted octanol–water partition coefficient (Wildman–Crippen LogP) is 2.04. The van der Waals surface area contributed by atoms with Crippen molar-refractivity contribution in [3.8, 4) is 0 Å². The van der Waals surface area contributed by atoms with Gasteiger partial charge >= 0.3 is 12.2 Å². The van der Waals surface area contributed by atoms with E-state index in [1.165, 1.54) is 0 Å². The summed E-state index contributed by atoms with van der Waals surface area (Å²) in [5.74, 6) is 0. The minimum absolute atomic E-state index is 0.374. The maximum atomic E-state index is 11.6. The molecule has 0 spiro atoms. The predicted molar refractivity (Wildman–Crippen MR) is 47.0 cm³/mol. The minimum atomic E-state index is -4.21. The van der Waals surface area contributed by atoms with Gasteiger partial charge in [-0.1, -0.05) is 13.3 Å². The first-order valence-electron chi connectivity index (χ1n) is 4.54. The molecule has 0 saturated carbocycles. The van der Waals surface area contributed by atoms with E-state index in [2.05, 4.69) is 10.6 Å². The Morgan fingerprint density at radius 2 is 1.79 bits per heavy atom. The molecule has 6 heteroatoms. The first-order chi connectivity index (χ1) is 6.45. The lowest BCUT2D eigenvalue weighted by molar-refractivity contribution is -0.132. The molecule has 0 atom stereocenters. The van der Waals surface area contributed by atoms with Gasteiger partial charge in [0.05, 0.1) is 6.42 Å². The summed E-state index contributed by atoms with van der Waals surface area (Å²) >= 11 is 0. The highest BCUT2D eigenvalue weighted by Gasteiger charge is 2.26. The van der Waals surface area contributed by atoms with Crippen molar-refractivity contribution >= 4 is 6.03 Å². The SMILES string of the molecule is CCCCNC(=O)NCCC(F)(F)F. The molecule has 0 unspecified atom stereocenters. The highest BCUT2D eigenvalue weighted by Crippen LogP contribution is 2.17. The second-order valence-electron chi connectivity index (χ2n) is 2.90. The number of nitrogens with one attached hydrogen (secondary N) is 2. The third-order valence-corrected chi connectivity index (χ3v) is 1.51. The van der Waals surface area contributed by atoms with Gasteiger partial charge in [0.25, 0.3) is 0 Å². The quantitative estimate of drug-likeness (QED) is 0.673. The third-order valence-electron chi connectivity index (χ3n) is 1.51. The van der Waals surface area contributed by atoms with Crippen LogP contribution in [0.5, 0.6) is 0 Å². The van der Waals surface area contributed by atoms with Crippen LogP contribution in [-0.2, 0) is 0 Å². The van der Waals surface area contributed by atoms with Gasteiger partial charge in [-0.25, -0.2) is 4.79 Å². The zero-order valence-corrected chi connectivity index (χ0v) is 8.08. The third kappa shape index (κ3) is 9.15. The van der Waals surface area contributed by atoms with Crippen LogP contribution in [0.25, 0.3) is 0 Å². The van der Waals surface area contributed by atoms with Crippen LogP contribution >= 0.6 is 0 Å². The van der Waals surface area contributed by atoms with Crippen molar-refractivity contribution in [2.45, 2.75) is 32.4 Å². The highest BCUT2D eigenvalue weighted by atomic mass is 19.4. The Balaban J connectivity index is 3.36.